The van der Waals surface area contributed by atoms with Crippen molar-refractivity contribution >= 4 is 46.7 Å². The fourth-order valence-corrected chi connectivity index (χ4v) is 7.76. The third-order valence-electron chi connectivity index (χ3n) is 10.8. The van der Waals surface area contributed by atoms with E-state index < -0.39 is 29.1 Å². The molecule has 326 valence electrons. The van der Waals surface area contributed by atoms with Crippen molar-refractivity contribution in [2.45, 2.75) is 32.4 Å². The van der Waals surface area contributed by atoms with E-state index in [1.54, 1.807) is 12.1 Å². The number of hydrogen-bond donors (Lipinski definition) is 2. The van der Waals surface area contributed by atoms with E-state index in [0.29, 0.717) is 25.4 Å². The van der Waals surface area contributed by atoms with Crippen molar-refractivity contribution in [1.29, 1.82) is 0 Å². The monoisotopic (exact) mass is 858 g/mol. The van der Waals surface area contributed by atoms with Crippen molar-refractivity contribution < 1.29 is 37.3 Å². The molecular weight excluding hydrogens is 809 g/mol. The van der Waals surface area contributed by atoms with Gasteiger partial charge in [-0.1, -0.05) is 5.11 Å². The predicted octanol–water partition coefficient (Wildman–Crippen LogP) is 8.18. The van der Waals surface area contributed by atoms with Crippen molar-refractivity contribution in [2.24, 2.45) is 18.1 Å². The van der Waals surface area contributed by atoms with Crippen LogP contribution in [0.4, 0.5) is 20.1 Å². The minimum atomic E-state index is -1.18. The van der Waals surface area contributed by atoms with Crippen LogP contribution in [-0.4, -0.2) is 93.8 Å². The van der Waals surface area contributed by atoms with E-state index in [-0.39, 0.29) is 56.3 Å². The number of nitrogens with one attached hydrogen (secondary N) is 2. The third kappa shape index (κ3) is 11.0. The number of nitrogens with zero attached hydrogens (tertiary/aromatic N) is 6. The van der Waals surface area contributed by atoms with Crippen LogP contribution < -0.4 is 20.3 Å². The number of carbonyl (C=O) groups is 2. The Labute approximate surface area is 364 Å². The molecule has 3 heterocycles. The Morgan fingerprint density at radius 2 is 1.71 bits per heavy atom. The molecule has 14 nitrogen and oxygen atoms in total. The van der Waals surface area contributed by atoms with Gasteiger partial charge in [-0.3, -0.25) is 4.79 Å². The molecule has 0 bridgehead atoms. The van der Waals surface area contributed by atoms with E-state index in [0.717, 1.165) is 77.1 Å². The van der Waals surface area contributed by atoms with E-state index >= 15 is 8.78 Å². The fourth-order valence-electron chi connectivity index (χ4n) is 7.76. The van der Waals surface area contributed by atoms with Crippen molar-refractivity contribution in [3.05, 3.63) is 130 Å². The summed E-state index contributed by atoms with van der Waals surface area (Å²) in [6, 6.07) is 21.0. The molecule has 5 aromatic rings. The Bertz CT molecular complexity index is 2520. The standard InChI is InChI=1S/C46H49BF2N8O6/c1-3-8-41-53-39-18-17-35(44-54-38-11-6-7-12-40(38)56(44)2)47-43(39)57(41)29-30-13-15-31(16-14-30)33-9-4-5-10-34(33)46(59)63-32-27-36(48)42(37(49)28-32)45(58)51-19-21-60-23-25-62-26-24-61-22-20-52-55-50/h4-7,9-13,15-18,27-28,30,41,53H,3,8,14,19-26,29H2,1-2H3,(H,51,58). The molecule has 2 atom stereocenters. The molecule has 0 fully saturated rings. The molecule has 0 saturated carbocycles. The summed E-state index contributed by atoms with van der Waals surface area (Å²) in [6.45, 7) is 6.97. The zero-order valence-corrected chi connectivity index (χ0v) is 35.3. The number of ether oxygens (including phenoxy) is 4. The van der Waals surface area contributed by atoms with Crippen molar-refractivity contribution in [1.82, 2.24) is 14.9 Å². The number of fused-ring (bicyclic) bond motifs is 2. The van der Waals surface area contributed by atoms with Crippen LogP contribution in [0.1, 0.15) is 52.5 Å². The second kappa shape index (κ2) is 21.6. The van der Waals surface area contributed by atoms with Gasteiger partial charge in [0, 0.05) is 30.1 Å². The average Bonchev–Trinajstić information content (AvgIpc) is 3.80. The van der Waals surface area contributed by atoms with Gasteiger partial charge in [0.2, 0.25) is 0 Å². The van der Waals surface area contributed by atoms with Gasteiger partial charge < -0.3 is 19.5 Å². The zero-order chi connectivity index (χ0) is 44.1. The Morgan fingerprint density at radius 3 is 2.44 bits per heavy atom. The van der Waals surface area contributed by atoms with Crippen molar-refractivity contribution in [2.75, 3.05) is 69.5 Å². The molecule has 7 rings (SSSR count). The molecule has 17 heteroatoms. The number of aryl methyl sites for hydroxylation is 1. The van der Waals surface area contributed by atoms with E-state index in [1.807, 2.05) is 43.5 Å². The first-order chi connectivity index (χ1) is 30.7. The maximum atomic E-state index is 15.1. The van der Waals surface area contributed by atoms with Gasteiger partial charge in [0.15, 0.2) is 0 Å². The zero-order valence-electron chi connectivity index (χ0n) is 35.3. The average molecular weight is 859 g/mol. The van der Waals surface area contributed by atoms with Crippen LogP contribution in [-0.2, 0) is 21.3 Å². The molecule has 0 radical (unpaired) electrons. The molecule has 1 aliphatic heterocycles. The number of halogens is 2. The van der Waals surface area contributed by atoms with Gasteiger partial charge in [0.1, 0.15) is 17.2 Å². The Hall–Kier alpha value is -6.39. The van der Waals surface area contributed by atoms with E-state index in [1.165, 1.54) is 0 Å². The number of aromatic nitrogens is 2. The predicted molar refractivity (Wildman–Crippen MR) is 239 cm³/mol. The molecule has 1 amide bonds. The second-order valence-electron chi connectivity index (χ2n) is 15.1. The maximum absolute atomic E-state index is 15.1. The van der Waals surface area contributed by atoms with E-state index in [4.69, 9.17) is 29.5 Å². The van der Waals surface area contributed by atoms with Crippen LogP contribution in [0.25, 0.3) is 38.3 Å². The van der Waals surface area contributed by atoms with E-state index in [2.05, 4.69) is 74.3 Å². The number of imidazole rings is 1. The van der Waals surface area contributed by atoms with Crippen LogP contribution in [0.2, 0.25) is 0 Å². The van der Waals surface area contributed by atoms with Gasteiger partial charge in [0.05, 0.1) is 39.6 Å². The number of amides is 1. The Kier molecular flexibility index (Phi) is 15.3. The normalized spacial score (nSPS) is 15.4. The minimum absolute atomic E-state index is 0.00700. The summed E-state index contributed by atoms with van der Waals surface area (Å²) in [5.41, 5.74) is 14.4. The summed E-state index contributed by atoms with van der Waals surface area (Å²) < 4.78 is 53.8. The van der Waals surface area contributed by atoms with Crippen molar-refractivity contribution in [3.8, 4) is 17.0 Å². The van der Waals surface area contributed by atoms with Crippen LogP contribution in [0.5, 0.6) is 5.75 Å². The third-order valence-corrected chi connectivity index (χ3v) is 10.8. The SMILES string of the molecule is CCCC1Nc2ccc(-c3nc4ccccc4n3C)bc2N1CC1C=CC(c2ccccc2C(=O)Oc2cc(F)c(C(=O)NCCOCCOCCOCCN=[N+]=[N-])c(F)c2)=CC1. The number of benzene rings is 3. The molecule has 2 N–H and O–H groups in total. The number of rotatable bonds is 21. The Morgan fingerprint density at radius 1 is 0.984 bits per heavy atom. The quantitative estimate of drug-likeness (QED) is 0.0185. The van der Waals surface area contributed by atoms with Crippen LogP contribution >= 0.6 is 0 Å². The molecule has 1 aliphatic carbocycles. The number of anilines is 2. The molecule has 2 aromatic heterocycles. The number of hydrogen-bond acceptors (Lipinski definition) is 10. The van der Waals surface area contributed by atoms with Gasteiger partial charge in [-0.2, -0.15) is 0 Å². The van der Waals surface area contributed by atoms with Gasteiger partial charge in [-0.25, -0.2) is 8.78 Å². The first-order valence-corrected chi connectivity index (χ1v) is 21.1. The summed E-state index contributed by atoms with van der Waals surface area (Å²) in [5, 5.41) is 9.52. The van der Waals surface area contributed by atoms with Crippen LogP contribution in [0.3, 0.4) is 0 Å². The van der Waals surface area contributed by atoms with Crippen molar-refractivity contribution in [3.63, 3.8) is 0 Å². The number of allylic oxidation sites excluding steroid dienone is 3. The topological polar surface area (TPSA) is 165 Å². The molecule has 2 aliphatic rings. The number of para-hydroxylation sites is 2. The molecule has 0 spiro atoms. The molecular formula is C46H49BF2N8O6. The van der Waals surface area contributed by atoms with E-state index in [9.17, 15) is 9.59 Å². The van der Waals surface area contributed by atoms with Crippen LogP contribution in [0, 0.1) is 17.6 Å². The molecule has 0 saturated heterocycles. The first-order valence-electron chi connectivity index (χ1n) is 21.1. The molecule has 2 unspecified atom stereocenters. The fraction of sp³-hybridized carbons (Fsp3) is 0.348. The second-order valence-corrected chi connectivity index (χ2v) is 15.1. The number of azide groups is 1. The number of carbonyl (C=O) groups excluding carboxylic acids is 2. The summed E-state index contributed by atoms with van der Waals surface area (Å²) in [6.07, 6.45) is 9.15. The van der Waals surface area contributed by atoms with Gasteiger partial charge in [-0.05, 0) is 5.53 Å². The Balaban J connectivity index is 0.930. The summed E-state index contributed by atoms with van der Waals surface area (Å²) in [7, 11) is 2.04. The van der Waals surface area contributed by atoms with Crippen LogP contribution in [0.15, 0.2) is 96.1 Å². The summed E-state index contributed by atoms with van der Waals surface area (Å²) in [5.74, 6) is -3.41. The first kappa shape index (κ1) is 44.7. The summed E-state index contributed by atoms with van der Waals surface area (Å²) >= 11 is 0. The van der Waals surface area contributed by atoms with Gasteiger partial charge >= 0.3 is 229 Å². The number of esters is 1. The summed E-state index contributed by atoms with van der Waals surface area (Å²) in [4.78, 5) is 36.2. The molecule has 3 aromatic carbocycles. The van der Waals surface area contributed by atoms with Gasteiger partial charge in [0.25, 0.3) is 5.91 Å². The molecule has 63 heavy (non-hydrogen) atoms. The van der Waals surface area contributed by atoms with Gasteiger partial charge in [-0.15, -0.1) is 0 Å².